The third-order valence-electron chi connectivity index (χ3n) is 7.03. The van der Waals surface area contributed by atoms with Crippen molar-refractivity contribution >= 4 is 29.2 Å². The normalized spacial score (nSPS) is 28.3. The first-order valence-electron chi connectivity index (χ1n) is 10.4. The summed E-state index contributed by atoms with van der Waals surface area (Å²) < 4.78 is 5.42. The van der Waals surface area contributed by atoms with Crippen molar-refractivity contribution in [3.05, 3.63) is 59.2 Å². The Morgan fingerprint density at radius 2 is 1.83 bits per heavy atom. The fourth-order valence-electron chi connectivity index (χ4n) is 5.41. The number of carbonyl (C=O) groups is 3. The number of fused-ring (bicyclic) bond motifs is 1. The molecule has 6 heteroatoms. The molecule has 2 aromatic rings. The molecule has 2 aliphatic carbocycles. The quantitative estimate of drug-likeness (QED) is 0.761. The van der Waals surface area contributed by atoms with Crippen molar-refractivity contribution in [2.45, 2.75) is 32.8 Å². The van der Waals surface area contributed by atoms with E-state index in [0.717, 1.165) is 29.7 Å². The average Bonchev–Trinajstić information content (AvgIpc) is 3.34. The molecule has 0 spiro atoms. The van der Waals surface area contributed by atoms with Crippen LogP contribution in [-0.4, -0.2) is 23.9 Å². The van der Waals surface area contributed by atoms with Gasteiger partial charge in [0.15, 0.2) is 0 Å². The van der Waals surface area contributed by atoms with Crippen LogP contribution >= 0.6 is 0 Å². The van der Waals surface area contributed by atoms with Crippen LogP contribution in [-0.2, 0) is 14.3 Å². The Morgan fingerprint density at radius 1 is 1.03 bits per heavy atom. The van der Waals surface area contributed by atoms with Gasteiger partial charge in [0.1, 0.15) is 6.10 Å². The molecule has 154 valence electrons. The molecule has 2 aromatic carbocycles. The van der Waals surface area contributed by atoms with Gasteiger partial charge >= 0.3 is 5.97 Å². The summed E-state index contributed by atoms with van der Waals surface area (Å²) in [5, 5.41) is 5.86. The molecular weight excluding hydrogens is 380 g/mol. The van der Waals surface area contributed by atoms with E-state index in [2.05, 4.69) is 10.6 Å². The lowest BCUT2D eigenvalue weighted by Crippen LogP contribution is -2.35. The van der Waals surface area contributed by atoms with E-state index in [4.69, 9.17) is 4.74 Å². The zero-order valence-electron chi connectivity index (χ0n) is 17.0. The SMILES string of the molecule is Cc1cccc(NC(=O)c2cccc(NC(=O)[C@@H]3[C@@H]4C[C@@H]5[C@@H]3C(=O)O[C@H]5C4)c2)c1C. The van der Waals surface area contributed by atoms with Crippen LogP contribution in [0.3, 0.4) is 0 Å². The van der Waals surface area contributed by atoms with Gasteiger partial charge in [0.2, 0.25) is 5.91 Å². The molecule has 30 heavy (non-hydrogen) atoms. The summed E-state index contributed by atoms with van der Waals surface area (Å²) in [4.78, 5) is 37.9. The minimum absolute atomic E-state index is 0.00801. The summed E-state index contributed by atoms with van der Waals surface area (Å²) in [7, 11) is 0. The van der Waals surface area contributed by atoms with Crippen molar-refractivity contribution in [3.8, 4) is 0 Å². The maximum absolute atomic E-state index is 13.0. The molecule has 1 aliphatic heterocycles. The fraction of sp³-hybridized carbons (Fsp3) is 0.375. The van der Waals surface area contributed by atoms with Gasteiger partial charge in [-0.2, -0.15) is 0 Å². The number of anilines is 2. The number of aryl methyl sites for hydroxylation is 1. The first-order valence-corrected chi connectivity index (χ1v) is 10.4. The molecule has 2 bridgehead atoms. The lowest BCUT2D eigenvalue weighted by Gasteiger charge is -2.23. The van der Waals surface area contributed by atoms with E-state index in [1.807, 2.05) is 32.0 Å². The molecule has 3 fully saturated rings. The van der Waals surface area contributed by atoms with Crippen LogP contribution in [0, 0.1) is 37.5 Å². The highest BCUT2D eigenvalue weighted by molar-refractivity contribution is 6.06. The fourth-order valence-corrected chi connectivity index (χ4v) is 5.41. The van der Waals surface area contributed by atoms with Crippen LogP contribution in [0.5, 0.6) is 0 Å². The number of benzene rings is 2. The molecule has 2 amide bonds. The number of rotatable bonds is 4. The third kappa shape index (κ3) is 2.98. The van der Waals surface area contributed by atoms with E-state index >= 15 is 0 Å². The summed E-state index contributed by atoms with van der Waals surface area (Å²) in [6, 6.07) is 12.7. The topological polar surface area (TPSA) is 84.5 Å². The van der Waals surface area contributed by atoms with Crippen LogP contribution in [0.15, 0.2) is 42.5 Å². The summed E-state index contributed by atoms with van der Waals surface area (Å²) >= 11 is 0. The second kappa shape index (κ2) is 6.97. The first kappa shape index (κ1) is 18.9. The number of esters is 1. The number of amides is 2. The highest BCUT2D eigenvalue weighted by atomic mass is 16.6. The standard InChI is InChI=1S/C24H24N2O4/c1-12-5-3-8-18(13(12)2)26-22(27)14-6-4-7-16(9-14)25-23(28)20-15-10-17-19(11-15)30-24(29)21(17)20/h3-9,15,17,19-21H,10-11H2,1-2H3,(H,25,28)(H,26,27)/t15-,17+,19+,20-,21+/m1/s1. The van der Waals surface area contributed by atoms with Gasteiger partial charge in [-0.05, 0) is 68.0 Å². The van der Waals surface area contributed by atoms with Gasteiger partial charge in [-0.25, -0.2) is 0 Å². The average molecular weight is 404 g/mol. The van der Waals surface area contributed by atoms with Gasteiger partial charge in [0, 0.05) is 22.9 Å². The highest BCUT2D eigenvalue weighted by Crippen LogP contribution is 2.57. The number of carbonyl (C=O) groups excluding carboxylic acids is 3. The Morgan fingerprint density at radius 3 is 2.67 bits per heavy atom. The van der Waals surface area contributed by atoms with Crippen molar-refractivity contribution in [1.29, 1.82) is 0 Å². The van der Waals surface area contributed by atoms with Gasteiger partial charge in [-0.3, -0.25) is 14.4 Å². The lowest BCUT2D eigenvalue weighted by molar-refractivity contribution is -0.145. The van der Waals surface area contributed by atoms with Gasteiger partial charge < -0.3 is 15.4 Å². The number of nitrogens with one attached hydrogen (secondary N) is 2. The number of ether oxygens (including phenoxy) is 1. The molecule has 5 atom stereocenters. The maximum atomic E-state index is 13.0. The Bertz CT molecular complexity index is 1060. The van der Waals surface area contributed by atoms with Crippen molar-refractivity contribution in [2.24, 2.45) is 23.7 Å². The Labute approximate surface area is 175 Å². The first-order chi connectivity index (χ1) is 14.4. The van der Waals surface area contributed by atoms with Gasteiger partial charge in [0.05, 0.1) is 11.8 Å². The molecular formula is C24H24N2O4. The Kier molecular flexibility index (Phi) is 4.38. The van der Waals surface area contributed by atoms with Gasteiger partial charge in [0.25, 0.3) is 5.91 Å². The van der Waals surface area contributed by atoms with Gasteiger partial charge in [-0.15, -0.1) is 0 Å². The van der Waals surface area contributed by atoms with Crippen LogP contribution < -0.4 is 10.6 Å². The largest absolute Gasteiger partial charge is 0.462 e. The molecule has 6 nitrogen and oxygen atoms in total. The van der Waals surface area contributed by atoms with E-state index in [-0.39, 0.29) is 47.6 Å². The van der Waals surface area contributed by atoms with Crippen LogP contribution in [0.25, 0.3) is 0 Å². The van der Waals surface area contributed by atoms with Crippen molar-refractivity contribution < 1.29 is 19.1 Å². The molecule has 1 heterocycles. The summed E-state index contributed by atoms with van der Waals surface area (Å²) in [5.74, 6) is -0.885. The van der Waals surface area contributed by atoms with Crippen LogP contribution in [0.1, 0.15) is 34.3 Å². The van der Waals surface area contributed by atoms with Crippen LogP contribution in [0.2, 0.25) is 0 Å². The van der Waals surface area contributed by atoms with Crippen LogP contribution in [0.4, 0.5) is 11.4 Å². The van der Waals surface area contributed by atoms with E-state index in [9.17, 15) is 14.4 Å². The van der Waals surface area contributed by atoms with E-state index in [1.54, 1.807) is 24.3 Å². The van der Waals surface area contributed by atoms with Crippen molar-refractivity contribution in [1.82, 2.24) is 0 Å². The van der Waals surface area contributed by atoms with Crippen molar-refractivity contribution in [2.75, 3.05) is 10.6 Å². The number of hydrogen-bond acceptors (Lipinski definition) is 4. The Hall–Kier alpha value is -3.15. The van der Waals surface area contributed by atoms with E-state index in [0.29, 0.717) is 11.3 Å². The highest BCUT2D eigenvalue weighted by Gasteiger charge is 2.63. The zero-order valence-corrected chi connectivity index (χ0v) is 17.0. The molecule has 5 rings (SSSR count). The molecule has 0 aromatic heterocycles. The smallest absolute Gasteiger partial charge is 0.310 e. The van der Waals surface area contributed by atoms with E-state index < -0.39 is 0 Å². The molecule has 1 saturated heterocycles. The zero-order chi connectivity index (χ0) is 21.0. The molecule has 0 unspecified atom stereocenters. The predicted octanol–water partition coefficient (Wildman–Crippen LogP) is 3.69. The summed E-state index contributed by atoms with van der Waals surface area (Å²) in [6.07, 6.45) is 1.68. The maximum Gasteiger partial charge on any atom is 0.310 e. The molecule has 0 radical (unpaired) electrons. The summed E-state index contributed by atoms with van der Waals surface area (Å²) in [6.45, 7) is 3.97. The van der Waals surface area contributed by atoms with Gasteiger partial charge in [-0.1, -0.05) is 18.2 Å². The Balaban J connectivity index is 1.31. The van der Waals surface area contributed by atoms with E-state index in [1.165, 1.54) is 0 Å². The minimum Gasteiger partial charge on any atom is -0.462 e. The summed E-state index contributed by atoms with van der Waals surface area (Å²) in [5.41, 5.74) is 3.91. The van der Waals surface area contributed by atoms with Crippen molar-refractivity contribution in [3.63, 3.8) is 0 Å². The monoisotopic (exact) mass is 404 g/mol. The predicted molar refractivity (Wildman–Crippen MR) is 112 cm³/mol. The molecule has 2 saturated carbocycles. The molecule has 3 aliphatic rings. The minimum atomic E-state index is -0.339. The lowest BCUT2D eigenvalue weighted by atomic mass is 9.79. The third-order valence-corrected chi connectivity index (χ3v) is 7.03. The molecule has 2 N–H and O–H groups in total. The second-order valence-electron chi connectivity index (χ2n) is 8.69. The number of hydrogen-bond donors (Lipinski definition) is 2. The second-order valence-corrected chi connectivity index (χ2v) is 8.69.